The van der Waals surface area contributed by atoms with Crippen molar-refractivity contribution in [2.24, 2.45) is 11.3 Å². The van der Waals surface area contributed by atoms with Gasteiger partial charge in [-0.1, -0.05) is 45.4 Å². The molecule has 22 heavy (non-hydrogen) atoms. The highest BCUT2D eigenvalue weighted by Crippen LogP contribution is 2.57. The van der Waals surface area contributed by atoms with Crippen molar-refractivity contribution in [2.75, 3.05) is 0 Å². The van der Waals surface area contributed by atoms with E-state index in [-0.39, 0.29) is 11.3 Å². The number of fused-ring (bicyclic) bond motifs is 3. The van der Waals surface area contributed by atoms with Crippen LogP contribution in [0, 0.1) is 11.3 Å². The third-order valence-electron chi connectivity index (χ3n) is 6.53. The summed E-state index contributed by atoms with van der Waals surface area (Å²) in [6, 6.07) is 6.92. The number of carboxylic acid groups (broad SMARTS) is 1. The van der Waals surface area contributed by atoms with E-state index in [2.05, 4.69) is 39.0 Å². The van der Waals surface area contributed by atoms with Crippen molar-refractivity contribution < 1.29 is 9.90 Å². The minimum atomic E-state index is -0.606. The molecule has 0 radical (unpaired) electrons. The normalized spacial score (nSPS) is 34.1. The highest BCUT2D eigenvalue weighted by Gasteiger charge is 2.55. The Morgan fingerprint density at radius 2 is 2.00 bits per heavy atom. The molecule has 2 nitrogen and oxygen atoms in total. The molecule has 0 aromatic heterocycles. The van der Waals surface area contributed by atoms with Crippen LogP contribution in [-0.4, -0.2) is 11.1 Å². The Bertz CT molecular complexity index is 604. The fourth-order valence-corrected chi connectivity index (χ4v) is 5.13. The molecule has 0 aliphatic heterocycles. The highest BCUT2D eigenvalue weighted by molar-refractivity contribution is 5.75. The fraction of sp³-hybridized carbons (Fsp3) is 0.650. The summed E-state index contributed by atoms with van der Waals surface area (Å²) in [5, 5.41) is 9.82. The molecule has 1 N–H and O–H groups in total. The zero-order valence-corrected chi connectivity index (χ0v) is 14.3. The molecule has 1 fully saturated rings. The maximum Gasteiger partial charge on any atom is 0.309 e. The number of aliphatic carboxylic acids is 1. The number of aryl methyl sites for hydroxylation is 1. The highest BCUT2D eigenvalue weighted by atomic mass is 16.4. The minimum Gasteiger partial charge on any atom is -0.481 e. The average Bonchev–Trinajstić information content (AvgIpc) is 2.46. The van der Waals surface area contributed by atoms with E-state index in [9.17, 15) is 9.90 Å². The second-order valence-electron chi connectivity index (χ2n) is 8.16. The quantitative estimate of drug-likeness (QED) is 0.843. The average molecular weight is 300 g/mol. The lowest BCUT2D eigenvalue weighted by Gasteiger charge is -2.53. The number of hydrogen-bond donors (Lipinski definition) is 1. The molecular weight excluding hydrogens is 272 g/mol. The third-order valence-corrected chi connectivity index (χ3v) is 6.53. The van der Waals surface area contributed by atoms with E-state index in [0.29, 0.717) is 5.92 Å². The smallest absolute Gasteiger partial charge is 0.309 e. The second-order valence-corrected chi connectivity index (χ2v) is 8.16. The molecule has 2 aliphatic carbocycles. The van der Waals surface area contributed by atoms with E-state index < -0.39 is 11.4 Å². The lowest BCUT2D eigenvalue weighted by Crippen LogP contribution is -2.52. The van der Waals surface area contributed by atoms with Gasteiger partial charge in [-0.2, -0.15) is 0 Å². The first-order chi connectivity index (χ1) is 10.3. The molecule has 1 aromatic rings. The van der Waals surface area contributed by atoms with E-state index in [4.69, 9.17) is 0 Å². The molecule has 2 aliphatic rings. The molecule has 2 heteroatoms. The molecule has 1 saturated carbocycles. The van der Waals surface area contributed by atoms with E-state index >= 15 is 0 Å². The van der Waals surface area contributed by atoms with Crippen molar-refractivity contribution in [3.8, 4) is 0 Å². The summed E-state index contributed by atoms with van der Waals surface area (Å²) in [7, 11) is 0. The van der Waals surface area contributed by atoms with E-state index in [1.54, 1.807) is 0 Å². The first-order valence-corrected chi connectivity index (χ1v) is 8.66. The molecule has 3 rings (SSSR count). The SMILES string of the molecule is CC(C)c1ccc2c(c1)CC[C@@H]1[C@@]2(C)CCC[C@]1(C)C(=O)O. The van der Waals surface area contributed by atoms with Gasteiger partial charge in [-0.05, 0) is 66.5 Å². The summed E-state index contributed by atoms with van der Waals surface area (Å²) in [5.41, 5.74) is 3.73. The molecule has 0 heterocycles. The van der Waals surface area contributed by atoms with Crippen LogP contribution in [0.2, 0.25) is 0 Å². The van der Waals surface area contributed by atoms with E-state index in [1.807, 2.05) is 6.92 Å². The monoisotopic (exact) mass is 300 g/mol. The molecule has 0 bridgehead atoms. The van der Waals surface area contributed by atoms with Gasteiger partial charge >= 0.3 is 5.97 Å². The number of rotatable bonds is 2. The van der Waals surface area contributed by atoms with Crippen molar-refractivity contribution in [1.29, 1.82) is 0 Å². The van der Waals surface area contributed by atoms with Crippen molar-refractivity contribution >= 4 is 5.97 Å². The van der Waals surface area contributed by atoms with Gasteiger partial charge < -0.3 is 5.11 Å². The summed E-state index contributed by atoms with van der Waals surface area (Å²) >= 11 is 0. The number of hydrogen-bond acceptors (Lipinski definition) is 1. The number of benzene rings is 1. The van der Waals surface area contributed by atoms with Gasteiger partial charge in [0, 0.05) is 0 Å². The van der Waals surface area contributed by atoms with Crippen LogP contribution in [0.3, 0.4) is 0 Å². The Balaban J connectivity index is 2.08. The van der Waals surface area contributed by atoms with Gasteiger partial charge in [0.1, 0.15) is 0 Å². The van der Waals surface area contributed by atoms with Gasteiger partial charge in [0.25, 0.3) is 0 Å². The van der Waals surface area contributed by atoms with Crippen LogP contribution in [0.4, 0.5) is 0 Å². The largest absolute Gasteiger partial charge is 0.481 e. The van der Waals surface area contributed by atoms with Gasteiger partial charge in [-0.3, -0.25) is 4.79 Å². The predicted octanol–water partition coefficient (Wildman–Crippen LogP) is 4.90. The van der Waals surface area contributed by atoms with Crippen LogP contribution >= 0.6 is 0 Å². The standard InChI is InChI=1S/C20H28O2/c1-13(2)14-6-8-16-15(12-14)7-9-17-19(16,3)10-5-11-20(17,4)18(21)22/h6,8,12-13,17H,5,7,9-11H2,1-4H3,(H,21,22)/t17-,19+,20+/m1/s1. The Kier molecular flexibility index (Phi) is 3.62. The van der Waals surface area contributed by atoms with Crippen LogP contribution in [0.5, 0.6) is 0 Å². The van der Waals surface area contributed by atoms with Gasteiger partial charge in [-0.25, -0.2) is 0 Å². The topological polar surface area (TPSA) is 37.3 Å². The lowest BCUT2D eigenvalue weighted by molar-refractivity contribution is -0.157. The van der Waals surface area contributed by atoms with E-state index in [1.165, 1.54) is 16.7 Å². The van der Waals surface area contributed by atoms with Gasteiger partial charge in [0.15, 0.2) is 0 Å². The minimum absolute atomic E-state index is 0.0223. The summed E-state index contributed by atoms with van der Waals surface area (Å²) in [6.45, 7) is 8.75. The molecule has 0 saturated heterocycles. The molecular formula is C20H28O2. The maximum absolute atomic E-state index is 11.9. The Morgan fingerprint density at radius 3 is 2.64 bits per heavy atom. The van der Waals surface area contributed by atoms with Gasteiger partial charge in [0.05, 0.1) is 5.41 Å². The van der Waals surface area contributed by atoms with Crippen LogP contribution in [0.15, 0.2) is 18.2 Å². The van der Waals surface area contributed by atoms with Crippen LogP contribution in [-0.2, 0) is 16.6 Å². The molecule has 0 spiro atoms. The second kappa shape index (κ2) is 5.11. The van der Waals surface area contributed by atoms with Crippen LogP contribution in [0.1, 0.15) is 76.0 Å². The Hall–Kier alpha value is -1.31. The Morgan fingerprint density at radius 1 is 1.27 bits per heavy atom. The zero-order valence-electron chi connectivity index (χ0n) is 14.3. The molecule has 0 unspecified atom stereocenters. The van der Waals surface area contributed by atoms with Crippen molar-refractivity contribution in [2.45, 2.75) is 71.1 Å². The van der Waals surface area contributed by atoms with E-state index in [0.717, 1.165) is 32.1 Å². The lowest BCUT2D eigenvalue weighted by atomic mass is 9.50. The predicted molar refractivity (Wildman–Crippen MR) is 89.3 cm³/mol. The van der Waals surface area contributed by atoms with Crippen molar-refractivity contribution in [3.63, 3.8) is 0 Å². The van der Waals surface area contributed by atoms with Gasteiger partial charge in [-0.15, -0.1) is 0 Å². The summed E-state index contributed by atoms with van der Waals surface area (Å²) < 4.78 is 0. The van der Waals surface area contributed by atoms with Gasteiger partial charge in [0.2, 0.25) is 0 Å². The Labute approximate surface area is 133 Å². The summed E-state index contributed by atoms with van der Waals surface area (Å²) in [4.78, 5) is 11.9. The zero-order chi connectivity index (χ0) is 16.1. The van der Waals surface area contributed by atoms with Crippen molar-refractivity contribution in [3.05, 3.63) is 34.9 Å². The van der Waals surface area contributed by atoms with Crippen molar-refractivity contribution in [1.82, 2.24) is 0 Å². The maximum atomic E-state index is 11.9. The molecule has 0 amide bonds. The third kappa shape index (κ3) is 2.11. The van der Waals surface area contributed by atoms with Crippen LogP contribution in [0.25, 0.3) is 0 Å². The first-order valence-electron chi connectivity index (χ1n) is 8.66. The number of carboxylic acids is 1. The molecule has 3 atom stereocenters. The number of carbonyl (C=O) groups is 1. The summed E-state index contributed by atoms with van der Waals surface area (Å²) in [6.07, 6.45) is 4.99. The first kappa shape index (κ1) is 15.6. The molecule has 120 valence electrons. The van der Waals surface area contributed by atoms with Crippen LogP contribution < -0.4 is 0 Å². The molecule has 1 aromatic carbocycles. The summed E-state index contributed by atoms with van der Waals surface area (Å²) in [5.74, 6) is 0.195. The fourth-order valence-electron chi connectivity index (χ4n) is 5.13.